The lowest BCUT2D eigenvalue weighted by atomic mass is 10.2. The van der Waals surface area contributed by atoms with Crippen molar-refractivity contribution in [1.82, 2.24) is 4.98 Å². The van der Waals surface area contributed by atoms with Gasteiger partial charge in [0, 0.05) is 5.56 Å². The summed E-state index contributed by atoms with van der Waals surface area (Å²) in [6.07, 6.45) is 0. The highest BCUT2D eigenvalue weighted by Gasteiger charge is 2.27. The Morgan fingerprint density at radius 3 is 2.50 bits per heavy atom. The van der Waals surface area contributed by atoms with E-state index in [0.29, 0.717) is 0 Å². The predicted octanol–water partition coefficient (Wildman–Crippen LogP) is 2.05. The van der Waals surface area contributed by atoms with Crippen LogP contribution in [-0.4, -0.2) is 31.1 Å². The Balaban J connectivity index is 2.54. The van der Waals surface area contributed by atoms with E-state index >= 15 is 0 Å². The summed E-state index contributed by atoms with van der Waals surface area (Å²) in [5.41, 5.74) is -0.0380. The summed E-state index contributed by atoms with van der Waals surface area (Å²) in [7, 11) is 2.27. The Morgan fingerprint density at radius 2 is 1.90 bits per heavy atom. The van der Waals surface area contributed by atoms with Gasteiger partial charge in [-0.2, -0.15) is 0 Å². The summed E-state index contributed by atoms with van der Waals surface area (Å²) in [5.74, 6) is -2.69. The zero-order chi connectivity index (χ0) is 14.7. The second kappa shape index (κ2) is 5.52. The molecule has 1 aromatic heterocycles. The first kappa shape index (κ1) is 13.7. The summed E-state index contributed by atoms with van der Waals surface area (Å²) in [4.78, 5) is 26.9. The molecule has 0 unspecified atom stereocenters. The first-order valence-corrected chi connectivity index (χ1v) is 5.50. The maximum Gasteiger partial charge on any atom is 0.376 e. The highest BCUT2D eigenvalue weighted by Crippen LogP contribution is 2.23. The standard InChI is InChI=1S/C13H10FNO5/c1-18-12(16)9-10(13(17)19-2)20-11(15-9)7-4-3-5-8(14)6-7/h3-6H,1-2H3. The van der Waals surface area contributed by atoms with Crippen LogP contribution in [-0.2, 0) is 9.47 Å². The number of carbonyl (C=O) groups is 2. The highest BCUT2D eigenvalue weighted by atomic mass is 19.1. The number of methoxy groups -OCH3 is 2. The summed E-state index contributed by atoms with van der Waals surface area (Å²) < 4.78 is 27.3. The van der Waals surface area contributed by atoms with Gasteiger partial charge in [0.25, 0.3) is 0 Å². The zero-order valence-electron chi connectivity index (χ0n) is 10.7. The zero-order valence-corrected chi connectivity index (χ0v) is 10.7. The number of halogens is 1. The van der Waals surface area contributed by atoms with Crippen LogP contribution in [0.25, 0.3) is 11.5 Å². The monoisotopic (exact) mass is 279 g/mol. The van der Waals surface area contributed by atoms with Gasteiger partial charge in [-0.3, -0.25) is 0 Å². The van der Waals surface area contributed by atoms with Crippen molar-refractivity contribution < 1.29 is 27.9 Å². The van der Waals surface area contributed by atoms with Crippen LogP contribution in [0.3, 0.4) is 0 Å². The first-order chi connectivity index (χ1) is 9.56. The minimum atomic E-state index is -0.874. The van der Waals surface area contributed by atoms with Gasteiger partial charge >= 0.3 is 11.9 Å². The topological polar surface area (TPSA) is 78.6 Å². The maximum atomic E-state index is 13.2. The molecule has 104 valence electrons. The summed E-state index contributed by atoms with van der Waals surface area (Å²) in [6, 6.07) is 5.38. The number of rotatable bonds is 3. The van der Waals surface area contributed by atoms with Gasteiger partial charge in [0.1, 0.15) is 5.82 Å². The summed E-state index contributed by atoms with van der Waals surface area (Å²) in [5, 5.41) is 0. The molecule has 0 bridgehead atoms. The number of oxazole rings is 1. The molecule has 0 saturated carbocycles. The second-order valence-electron chi connectivity index (χ2n) is 3.69. The van der Waals surface area contributed by atoms with E-state index in [1.807, 2.05) is 0 Å². The van der Waals surface area contributed by atoms with Crippen LogP contribution in [0.2, 0.25) is 0 Å². The number of benzene rings is 1. The minimum Gasteiger partial charge on any atom is -0.464 e. The molecule has 0 atom stereocenters. The molecule has 0 saturated heterocycles. The molecule has 0 radical (unpaired) electrons. The van der Waals surface area contributed by atoms with Crippen molar-refractivity contribution in [1.29, 1.82) is 0 Å². The van der Waals surface area contributed by atoms with Gasteiger partial charge in [0.05, 0.1) is 14.2 Å². The molecule has 20 heavy (non-hydrogen) atoms. The van der Waals surface area contributed by atoms with E-state index in [2.05, 4.69) is 14.5 Å². The number of esters is 2. The fourth-order valence-electron chi connectivity index (χ4n) is 1.53. The van der Waals surface area contributed by atoms with Crippen LogP contribution in [0.1, 0.15) is 21.0 Å². The molecule has 0 aliphatic heterocycles. The van der Waals surface area contributed by atoms with Crippen LogP contribution in [0.4, 0.5) is 4.39 Å². The van der Waals surface area contributed by atoms with Crippen molar-refractivity contribution in [2.24, 2.45) is 0 Å². The molecule has 0 fully saturated rings. The lowest BCUT2D eigenvalue weighted by Crippen LogP contribution is -2.10. The Hall–Kier alpha value is -2.70. The molecule has 0 amide bonds. The van der Waals surface area contributed by atoms with Gasteiger partial charge in [0.2, 0.25) is 17.3 Å². The SMILES string of the molecule is COC(=O)c1nc(-c2cccc(F)c2)oc1C(=O)OC. The van der Waals surface area contributed by atoms with Crippen LogP contribution >= 0.6 is 0 Å². The second-order valence-corrected chi connectivity index (χ2v) is 3.69. The molecular formula is C13H10FNO5. The summed E-state index contributed by atoms with van der Waals surface area (Å²) in [6.45, 7) is 0. The van der Waals surface area contributed by atoms with Gasteiger partial charge < -0.3 is 13.9 Å². The Kier molecular flexibility index (Phi) is 3.79. The number of carbonyl (C=O) groups excluding carboxylic acids is 2. The average molecular weight is 279 g/mol. The lowest BCUT2D eigenvalue weighted by Gasteiger charge is -1.96. The molecule has 6 nitrogen and oxygen atoms in total. The van der Waals surface area contributed by atoms with Gasteiger partial charge in [0.15, 0.2) is 0 Å². The normalized spacial score (nSPS) is 10.2. The van der Waals surface area contributed by atoms with Crippen molar-refractivity contribution in [2.75, 3.05) is 14.2 Å². The van der Waals surface area contributed by atoms with Crippen molar-refractivity contribution >= 4 is 11.9 Å². The number of hydrogen-bond acceptors (Lipinski definition) is 6. The van der Waals surface area contributed by atoms with Gasteiger partial charge in [-0.25, -0.2) is 19.0 Å². The third kappa shape index (κ3) is 2.51. The van der Waals surface area contributed by atoms with Crippen molar-refractivity contribution in [3.63, 3.8) is 0 Å². The minimum absolute atomic E-state index is 0.0784. The Morgan fingerprint density at radius 1 is 1.20 bits per heavy atom. The molecule has 7 heteroatoms. The van der Waals surface area contributed by atoms with E-state index < -0.39 is 23.5 Å². The van der Waals surface area contributed by atoms with E-state index in [1.54, 1.807) is 0 Å². The van der Waals surface area contributed by atoms with Crippen molar-refractivity contribution in [3.05, 3.63) is 41.5 Å². The van der Waals surface area contributed by atoms with Crippen molar-refractivity contribution in [3.8, 4) is 11.5 Å². The molecule has 0 spiro atoms. The van der Waals surface area contributed by atoms with E-state index in [9.17, 15) is 14.0 Å². The molecule has 0 aliphatic carbocycles. The average Bonchev–Trinajstić information content (AvgIpc) is 2.90. The van der Waals surface area contributed by atoms with E-state index in [1.165, 1.54) is 18.2 Å². The van der Waals surface area contributed by atoms with E-state index in [4.69, 9.17) is 4.42 Å². The molecule has 2 aromatic rings. The third-order valence-corrected chi connectivity index (χ3v) is 2.45. The molecular weight excluding hydrogens is 269 g/mol. The van der Waals surface area contributed by atoms with Crippen LogP contribution in [0.5, 0.6) is 0 Å². The number of hydrogen-bond donors (Lipinski definition) is 0. The first-order valence-electron chi connectivity index (χ1n) is 5.50. The number of nitrogens with zero attached hydrogens (tertiary/aromatic N) is 1. The van der Waals surface area contributed by atoms with Crippen LogP contribution in [0, 0.1) is 5.82 Å². The smallest absolute Gasteiger partial charge is 0.376 e. The van der Waals surface area contributed by atoms with Gasteiger partial charge in [-0.15, -0.1) is 0 Å². The fourth-order valence-corrected chi connectivity index (χ4v) is 1.53. The van der Waals surface area contributed by atoms with Crippen LogP contribution in [0.15, 0.2) is 28.7 Å². The molecule has 2 rings (SSSR count). The Labute approximate surface area is 113 Å². The summed E-state index contributed by atoms with van der Waals surface area (Å²) >= 11 is 0. The molecule has 1 heterocycles. The molecule has 0 N–H and O–H groups in total. The third-order valence-electron chi connectivity index (χ3n) is 2.45. The quantitative estimate of drug-likeness (QED) is 0.800. The molecule has 1 aromatic carbocycles. The fraction of sp³-hybridized carbons (Fsp3) is 0.154. The maximum absolute atomic E-state index is 13.2. The number of ether oxygens (including phenoxy) is 2. The van der Waals surface area contributed by atoms with Gasteiger partial charge in [-0.1, -0.05) is 6.07 Å². The van der Waals surface area contributed by atoms with Gasteiger partial charge in [-0.05, 0) is 18.2 Å². The van der Waals surface area contributed by atoms with Crippen LogP contribution < -0.4 is 0 Å². The van der Waals surface area contributed by atoms with E-state index in [-0.39, 0.29) is 17.1 Å². The Bertz CT molecular complexity index is 631. The largest absolute Gasteiger partial charge is 0.464 e. The lowest BCUT2D eigenvalue weighted by molar-refractivity contribution is 0.0527. The van der Waals surface area contributed by atoms with Crippen molar-refractivity contribution in [2.45, 2.75) is 0 Å². The highest BCUT2D eigenvalue weighted by molar-refractivity contribution is 6.00. The predicted molar refractivity (Wildman–Crippen MR) is 64.6 cm³/mol. The van der Waals surface area contributed by atoms with E-state index in [0.717, 1.165) is 20.3 Å². The number of aromatic nitrogens is 1. The molecule has 0 aliphatic rings.